The van der Waals surface area contributed by atoms with Gasteiger partial charge in [0.05, 0.1) is 6.61 Å². The summed E-state index contributed by atoms with van der Waals surface area (Å²) in [5.41, 5.74) is 0.800. The predicted octanol–water partition coefficient (Wildman–Crippen LogP) is 1.78. The molecule has 2 N–H and O–H groups in total. The highest BCUT2D eigenvalue weighted by Gasteiger charge is 2.00. The second-order valence-electron chi connectivity index (χ2n) is 2.94. The fraction of sp³-hybridized carbons (Fsp3) is 0.400. The molecule has 0 saturated carbocycles. The van der Waals surface area contributed by atoms with E-state index in [2.05, 4.69) is 5.32 Å². The van der Waals surface area contributed by atoms with Gasteiger partial charge in [-0.15, -0.1) is 0 Å². The van der Waals surface area contributed by atoms with E-state index in [-0.39, 0.29) is 5.75 Å². The number of phenols is 1. The van der Waals surface area contributed by atoms with E-state index in [1.54, 1.807) is 25.3 Å². The minimum atomic E-state index is 0.263. The SMILES string of the molecule is COCCNCc1cc(Cl)ccc1O. The van der Waals surface area contributed by atoms with E-state index >= 15 is 0 Å². The van der Waals surface area contributed by atoms with Gasteiger partial charge >= 0.3 is 0 Å². The van der Waals surface area contributed by atoms with Crippen LogP contribution in [0.2, 0.25) is 5.02 Å². The Morgan fingerprint density at radius 2 is 2.29 bits per heavy atom. The summed E-state index contributed by atoms with van der Waals surface area (Å²) in [5, 5.41) is 13.2. The van der Waals surface area contributed by atoms with E-state index in [0.29, 0.717) is 18.2 Å². The Balaban J connectivity index is 2.45. The Morgan fingerprint density at radius 3 is 3.00 bits per heavy atom. The number of hydrogen-bond donors (Lipinski definition) is 2. The van der Waals surface area contributed by atoms with E-state index in [1.165, 1.54) is 0 Å². The van der Waals surface area contributed by atoms with Gasteiger partial charge in [0.1, 0.15) is 5.75 Å². The molecule has 0 aliphatic heterocycles. The monoisotopic (exact) mass is 215 g/mol. The van der Waals surface area contributed by atoms with E-state index in [1.807, 2.05) is 0 Å². The van der Waals surface area contributed by atoms with E-state index in [9.17, 15) is 5.11 Å². The Bertz CT molecular complexity index is 291. The van der Waals surface area contributed by atoms with Crippen molar-refractivity contribution in [1.82, 2.24) is 5.32 Å². The summed E-state index contributed by atoms with van der Waals surface area (Å²) in [5.74, 6) is 0.263. The molecule has 0 atom stereocenters. The average molecular weight is 216 g/mol. The van der Waals surface area contributed by atoms with Crippen LogP contribution in [0, 0.1) is 0 Å². The van der Waals surface area contributed by atoms with Crippen molar-refractivity contribution in [2.24, 2.45) is 0 Å². The maximum Gasteiger partial charge on any atom is 0.120 e. The average Bonchev–Trinajstić information content (AvgIpc) is 2.18. The molecule has 0 aliphatic rings. The number of methoxy groups -OCH3 is 1. The zero-order chi connectivity index (χ0) is 10.4. The third-order valence-corrected chi connectivity index (χ3v) is 2.08. The fourth-order valence-corrected chi connectivity index (χ4v) is 1.29. The molecule has 0 bridgehead atoms. The molecule has 3 nitrogen and oxygen atoms in total. The number of nitrogens with one attached hydrogen (secondary N) is 1. The van der Waals surface area contributed by atoms with Gasteiger partial charge in [-0.25, -0.2) is 0 Å². The van der Waals surface area contributed by atoms with Crippen LogP contribution in [0.4, 0.5) is 0 Å². The lowest BCUT2D eigenvalue weighted by atomic mass is 10.2. The highest BCUT2D eigenvalue weighted by atomic mass is 35.5. The standard InChI is InChI=1S/C10H14ClNO2/c1-14-5-4-12-7-8-6-9(11)2-3-10(8)13/h2-3,6,12-13H,4-5,7H2,1H3. The highest BCUT2D eigenvalue weighted by Crippen LogP contribution is 2.20. The van der Waals surface area contributed by atoms with Crippen LogP contribution in [-0.4, -0.2) is 25.4 Å². The van der Waals surface area contributed by atoms with Gasteiger partial charge in [-0.05, 0) is 18.2 Å². The molecule has 0 heterocycles. The normalized spacial score (nSPS) is 10.4. The second kappa shape index (κ2) is 5.86. The summed E-state index contributed by atoms with van der Waals surface area (Å²) in [4.78, 5) is 0. The molecule has 4 heteroatoms. The highest BCUT2D eigenvalue weighted by molar-refractivity contribution is 6.30. The third kappa shape index (κ3) is 3.54. The Labute approximate surface area is 88.7 Å². The van der Waals surface area contributed by atoms with Crippen LogP contribution in [0.25, 0.3) is 0 Å². The molecule has 0 saturated heterocycles. The molecule has 1 rings (SSSR count). The summed E-state index contributed by atoms with van der Waals surface area (Å²) in [7, 11) is 1.65. The first-order chi connectivity index (χ1) is 6.74. The molecule has 1 aromatic carbocycles. The predicted molar refractivity (Wildman–Crippen MR) is 56.7 cm³/mol. The summed E-state index contributed by atoms with van der Waals surface area (Å²) >= 11 is 5.79. The maximum absolute atomic E-state index is 9.46. The lowest BCUT2D eigenvalue weighted by Crippen LogP contribution is -2.18. The first-order valence-corrected chi connectivity index (χ1v) is 4.79. The van der Waals surface area contributed by atoms with Crippen molar-refractivity contribution in [1.29, 1.82) is 0 Å². The quantitative estimate of drug-likeness (QED) is 0.736. The minimum absolute atomic E-state index is 0.263. The van der Waals surface area contributed by atoms with Gasteiger partial charge in [-0.2, -0.15) is 0 Å². The van der Waals surface area contributed by atoms with E-state index in [4.69, 9.17) is 16.3 Å². The van der Waals surface area contributed by atoms with Gasteiger partial charge in [0.15, 0.2) is 0 Å². The van der Waals surface area contributed by atoms with Crippen LogP contribution < -0.4 is 5.32 Å². The second-order valence-corrected chi connectivity index (χ2v) is 3.38. The molecule has 14 heavy (non-hydrogen) atoms. The number of phenolic OH excluding ortho intramolecular Hbond substituents is 1. The minimum Gasteiger partial charge on any atom is -0.508 e. The zero-order valence-corrected chi connectivity index (χ0v) is 8.84. The van der Waals surface area contributed by atoms with Crippen molar-refractivity contribution in [2.45, 2.75) is 6.54 Å². The first-order valence-electron chi connectivity index (χ1n) is 4.41. The smallest absolute Gasteiger partial charge is 0.120 e. The number of ether oxygens (including phenoxy) is 1. The van der Waals surface area contributed by atoms with Crippen LogP contribution in [0.3, 0.4) is 0 Å². The van der Waals surface area contributed by atoms with Crippen molar-refractivity contribution < 1.29 is 9.84 Å². The van der Waals surface area contributed by atoms with Crippen molar-refractivity contribution in [3.05, 3.63) is 28.8 Å². The molecule has 0 amide bonds. The summed E-state index contributed by atoms with van der Waals surface area (Å²) in [6.07, 6.45) is 0. The van der Waals surface area contributed by atoms with Crippen LogP contribution in [0.15, 0.2) is 18.2 Å². The third-order valence-electron chi connectivity index (χ3n) is 1.84. The van der Waals surface area contributed by atoms with E-state index in [0.717, 1.165) is 12.1 Å². The largest absolute Gasteiger partial charge is 0.508 e. The number of rotatable bonds is 5. The fourth-order valence-electron chi connectivity index (χ4n) is 1.09. The van der Waals surface area contributed by atoms with Crippen molar-refractivity contribution in [2.75, 3.05) is 20.3 Å². The molecular formula is C10H14ClNO2. The van der Waals surface area contributed by atoms with E-state index < -0.39 is 0 Å². The molecule has 78 valence electrons. The number of halogens is 1. The van der Waals surface area contributed by atoms with Gasteiger partial charge < -0.3 is 15.2 Å². The molecular weight excluding hydrogens is 202 g/mol. The molecule has 0 radical (unpaired) electrons. The molecule has 1 aromatic rings. The molecule has 0 aliphatic carbocycles. The van der Waals surface area contributed by atoms with Gasteiger partial charge in [0.25, 0.3) is 0 Å². The maximum atomic E-state index is 9.46. The summed E-state index contributed by atoms with van der Waals surface area (Å²) in [6, 6.07) is 5.00. The van der Waals surface area contributed by atoms with Gasteiger partial charge in [-0.3, -0.25) is 0 Å². The summed E-state index contributed by atoms with van der Waals surface area (Å²) < 4.78 is 4.88. The molecule has 0 aromatic heterocycles. The number of aromatic hydroxyl groups is 1. The lowest BCUT2D eigenvalue weighted by molar-refractivity contribution is 0.199. The van der Waals surface area contributed by atoms with Crippen LogP contribution in [0.5, 0.6) is 5.75 Å². The van der Waals surface area contributed by atoms with Crippen LogP contribution in [-0.2, 0) is 11.3 Å². The zero-order valence-electron chi connectivity index (χ0n) is 8.09. The summed E-state index contributed by atoms with van der Waals surface area (Å²) in [6.45, 7) is 2.00. The first kappa shape index (κ1) is 11.3. The van der Waals surface area contributed by atoms with Gasteiger partial charge in [-0.1, -0.05) is 11.6 Å². The number of hydrogen-bond acceptors (Lipinski definition) is 3. The van der Waals surface area contributed by atoms with Gasteiger partial charge in [0, 0.05) is 30.8 Å². The van der Waals surface area contributed by atoms with Crippen molar-refractivity contribution in [3.8, 4) is 5.75 Å². The molecule has 0 unspecified atom stereocenters. The van der Waals surface area contributed by atoms with Crippen molar-refractivity contribution in [3.63, 3.8) is 0 Å². The Hall–Kier alpha value is -0.770. The topological polar surface area (TPSA) is 41.5 Å². The van der Waals surface area contributed by atoms with Gasteiger partial charge in [0.2, 0.25) is 0 Å². The van der Waals surface area contributed by atoms with Crippen LogP contribution >= 0.6 is 11.6 Å². The molecule has 0 spiro atoms. The Kier molecular flexibility index (Phi) is 4.73. The Morgan fingerprint density at radius 1 is 1.50 bits per heavy atom. The lowest BCUT2D eigenvalue weighted by Gasteiger charge is -2.06. The number of benzene rings is 1. The molecule has 0 fully saturated rings. The van der Waals surface area contributed by atoms with Crippen molar-refractivity contribution >= 4 is 11.6 Å². The van der Waals surface area contributed by atoms with Crippen LogP contribution in [0.1, 0.15) is 5.56 Å².